The summed E-state index contributed by atoms with van der Waals surface area (Å²) in [6.07, 6.45) is 0.0166. The van der Waals surface area contributed by atoms with Crippen LogP contribution in [0.4, 0.5) is 13.2 Å². The van der Waals surface area contributed by atoms with Crippen molar-refractivity contribution in [2.75, 3.05) is 0 Å². The maximum absolute atomic E-state index is 12.0. The summed E-state index contributed by atoms with van der Waals surface area (Å²) in [7, 11) is 0. The summed E-state index contributed by atoms with van der Waals surface area (Å²) in [5.74, 6) is -0.134. The first kappa shape index (κ1) is 8.90. The first-order chi connectivity index (χ1) is 5.50. The molecule has 0 aromatic carbocycles. The van der Waals surface area contributed by atoms with Gasteiger partial charge in [0.05, 0.1) is 5.57 Å². The molecule has 4 heteroatoms. The number of hydrogen-bond donors (Lipinski definition) is 1. The minimum Gasteiger partial charge on any atom is -0.508 e. The van der Waals surface area contributed by atoms with Crippen molar-refractivity contribution >= 4 is 0 Å². The summed E-state index contributed by atoms with van der Waals surface area (Å²) in [6.45, 7) is 0. The van der Waals surface area contributed by atoms with Gasteiger partial charge in [0.15, 0.2) is 0 Å². The van der Waals surface area contributed by atoms with Gasteiger partial charge < -0.3 is 5.11 Å². The molecule has 1 nitrogen and oxygen atoms in total. The first-order valence-corrected chi connectivity index (χ1v) is 3.35. The standard InChI is InChI=1S/C8H7F3O/c9-8(10,11)6-2-1-3-7(12)5-4-6/h2-5,12H,1H2. The van der Waals surface area contributed by atoms with Crippen molar-refractivity contribution in [1.82, 2.24) is 0 Å². The zero-order valence-corrected chi connectivity index (χ0v) is 6.10. The molecule has 66 valence electrons. The van der Waals surface area contributed by atoms with Gasteiger partial charge in [0.25, 0.3) is 0 Å². The van der Waals surface area contributed by atoms with Gasteiger partial charge in [-0.25, -0.2) is 0 Å². The molecule has 0 aromatic heterocycles. The van der Waals surface area contributed by atoms with Crippen LogP contribution < -0.4 is 0 Å². The summed E-state index contributed by atoms with van der Waals surface area (Å²) >= 11 is 0. The third-order valence-corrected chi connectivity index (χ3v) is 1.43. The lowest BCUT2D eigenvalue weighted by molar-refractivity contribution is -0.0883. The van der Waals surface area contributed by atoms with E-state index in [1.165, 1.54) is 6.08 Å². The van der Waals surface area contributed by atoms with E-state index in [1.54, 1.807) is 0 Å². The second kappa shape index (κ2) is 3.05. The molecule has 1 N–H and O–H groups in total. The summed E-state index contributed by atoms with van der Waals surface area (Å²) < 4.78 is 36.1. The van der Waals surface area contributed by atoms with Gasteiger partial charge in [-0.1, -0.05) is 6.08 Å². The van der Waals surface area contributed by atoms with Crippen LogP contribution in [-0.4, -0.2) is 11.3 Å². The number of alkyl halides is 3. The molecule has 0 radical (unpaired) electrons. The lowest BCUT2D eigenvalue weighted by Gasteiger charge is -2.05. The van der Waals surface area contributed by atoms with Gasteiger partial charge >= 0.3 is 6.18 Å². The summed E-state index contributed by atoms with van der Waals surface area (Å²) in [6, 6.07) is 0. The Morgan fingerprint density at radius 1 is 1.17 bits per heavy atom. The van der Waals surface area contributed by atoms with Crippen LogP contribution in [0.1, 0.15) is 6.42 Å². The molecule has 0 fully saturated rings. The quantitative estimate of drug-likeness (QED) is 0.601. The second-order valence-electron chi connectivity index (χ2n) is 2.36. The number of hydrogen-bond acceptors (Lipinski definition) is 1. The average molecular weight is 176 g/mol. The van der Waals surface area contributed by atoms with E-state index < -0.39 is 11.7 Å². The lowest BCUT2D eigenvalue weighted by atomic mass is 10.2. The zero-order chi connectivity index (χ0) is 9.19. The first-order valence-electron chi connectivity index (χ1n) is 3.35. The molecule has 0 bridgehead atoms. The van der Waals surface area contributed by atoms with Crippen molar-refractivity contribution in [3.63, 3.8) is 0 Å². The van der Waals surface area contributed by atoms with Gasteiger partial charge in [-0.2, -0.15) is 13.2 Å². The van der Waals surface area contributed by atoms with Gasteiger partial charge in [-0.3, -0.25) is 0 Å². The Balaban J connectivity index is 2.85. The molecule has 0 aliphatic heterocycles. The predicted molar refractivity (Wildman–Crippen MR) is 38.6 cm³/mol. The fourth-order valence-corrected chi connectivity index (χ4v) is 0.828. The summed E-state index contributed by atoms with van der Waals surface area (Å²) in [5.41, 5.74) is -0.720. The van der Waals surface area contributed by atoms with E-state index in [1.807, 2.05) is 0 Å². The second-order valence-corrected chi connectivity index (χ2v) is 2.36. The van der Waals surface area contributed by atoms with Crippen molar-refractivity contribution < 1.29 is 18.3 Å². The number of aliphatic hydroxyl groups excluding tert-OH is 1. The Morgan fingerprint density at radius 2 is 1.83 bits per heavy atom. The van der Waals surface area contributed by atoms with Crippen molar-refractivity contribution in [1.29, 1.82) is 0 Å². The van der Waals surface area contributed by atoms with Crippen LogP contribution in [0.25, 0.3) is 0 Å². The van der Waals surface area contributed by atoms with Gasteiger partial charge in [0.2, 0.25) is 0 Å². The van der Waals surface area contributed by atoms with Crippen molar-refractivity contribution in [2.45, 2.75) is 12.6 Å². The molecule has 0 unspecified atom stereocenters. The van der Waals surface area contributed by atoms with E-state index in [-0.39, 0.29) is 12.2 Å². The Morgan fingerprint density at radius 3 is 2.42 bits per heavy atom. The molecule has 0 heterocycles. The number of rotatable bonds is 0. The Hall–Kier alpha value is -1.19. The highest BCUT2D eigenvalue weighted by atomic mass is 19.4. The molecule has 0 spiro atoms. The Kier molecular flexibility index (Phi) is 2.26. The third kappa shape index (κ3) is 2.15. The van der Waals surface area contributed by atoms with Gasteiger partial charge in [0.1, 0.15) is 5.76 Å². The third-order valence-electron chi connectivity index (χ3n) is 1.43. The van der Waals surface area contributed by atoms with E-state index in [0.29, 0.717) is 0 Å². The van der Waals surface area contributed by atoms with E-state index in [4.69, 9.17) is 5.11 Å². The topological polar surface area (TPSA) is 20.2 Å². The highest BCUT2D eigenvalue weighted by Crippen LogP contribution is 2.28. The van der Waals surface area contributed by atoms with Crippen molar-refractivity contribution in [2.24, 2.45) is 0 Å². The largest absolute Gasteiger partial charge is 0.508 e. The number of allylic oxidation sites excluding steroid dienone is 5. The van der Waals surface area contributed by atoms with Gasteiger partial charge in [0, 0.05) is 0 Å². The molecule has 0 saturated carbocycles. The lowest BCUT2D eigenvalue weighted by Crippen LogP contribution is -2.09. The van der Waals surface area contributed by atoms with Crippen LogP contribution in [0.5, 0.6) is 0 Å². The van der Waals surface area contributed by atoms with Crippen LogP contribution >= 0.6 is 0 Å². The average Bonchev–Trinajstić information content (AvgIpc) is 2.11. The molecule has 1 rings (SSSR count). The predicted octanol–water partition coefficient (Wildman–Crippen LogP) is 2.88. The van der Waals surface area contributed by atoms with Crippen LogP contribution in [0, 0.1) is 0 Å². The maximum atomic E-state index is 12.0. The normalized spacial score (nSPS) is 18.2. The number of halogens is 3. The van der Waals surface area contributed by atoms with E-state index >= 15 is 0 Å². The van der Waals surface area contributed by atoms with E-state index in [0.717, 1.165) is 18.2 Å². The van der Waals surface area contributed by atoms with Crippen LogP contribution in [0.2, 0.25) is 0 Å². The molecule has 0 atom stereocenters. The van der Waals surface area contributed by atoms with E-state index in [9.17, 15) is 13.2 Å². The highest BCUT2D eigenvalue weighted by molar-refractivity contribution is 5.31. The smallest absolute Gasteiger partial charge is 0.416 e. The number of aliphatic hydroxyl groups is 1. The molecule has 1 aliphatic rings. The van der Waals surface area contributed by atoms with Gasteiger partial charge in [-0.05, 0) is 24.6 Å². The van der Waals surface area contributed by atoms with Crippen molar-refractivity contribution in [3.8, 4) is 0 Å². The minimum absolute atomic E-state index is 0.105. The van der Waals surface area contributed by atoms with Gasteiger partial charge in [-0.15, -0.1) is 0 Å². The summed E-state index contributed by atoms with van der Waals surface area (Å²) in [4.78, 5) is 0. The highest BCUT2D eigenvalue weighted by Gasteiger charge is 2.31. The Bertz CT molecular complexity index is 258. The molecule has 0 aromatic rings. The molecular weight excluding hydrogens is 169 g/mol. The van der Waals surface area contributed by atoms with Crippen molar-refractivity contribution in [3.05, 3.63) is 35.6 Å². The molecular formula is C8H7F3O. The molecule has 1 aliphatic carbocycles. The fourth-order valence-electron chi connectivity index (χ4n) is 0.828. The Labute approximate surface area is 67.5 Å². The maximum Gasteiger partial charge on any atom is 0.416 e. The molecule has 0 amide bonds. The zero-order valence-electron chi connectivity index (χ0n) is 6.10. The molecule has 12 heavy (non-hydrogen) atoms. The minimum atomic E-state index is -4.32. The monoisotopic (exact) mass is 176 g/mol. The van der Waals surface area contributed by atoms with Crippen LogP contribution in [0.3, 0.4) is 0 Å². The van der Waals surface area contributed by atoms with Crippen LogP contribution in [-0.2, 0) is 0 Å². The SMILES string of the molecule is OC1=CCC=C(C(F)(F)F)C=C1. The van der Waals surface area contributed by atoms with E-state index in [2.05, 4.69) is 0 Å². The van der Waals surface area contributed by atoms with Crippen LogP contribution in [0.15, 0.2) is 35.6 Å². The summed E-state index contributed by atoms with van der Waals surface area (Å²) in [5, 5.41) is 8.85. The molecule has 0 saturated heterocycles. The fraction of sp³-hybridized carbons (Fsp3) is 0.250.